The fraction of sp³-hybridized carbons (Fsp3) is 0.158. The Bertz CT molecular complexity index is 735. The van der Waals surface area contributed by atoms with E-state index in [-0.39, 0.29) is 31.6 Å². The third-order valence-electron chi connectivity index (χ3n) is 2.93. The van der Waals surface area contributed by atoms with Gasteiger partial charge < -0.3 is 9.84 Å². The maximum atomic E-state index is 8.40. The molecule has 0 aromatic heterocycles. The molecule has 2 aromatic carbocycles. The van der Waals surface area contributed by atoms with Crippen LogP contribution < -0.4 is 4.74 Å². The smallest absolute Gasteiger partial charge is 0.316 e. The molecule has 1 aliphatic heterocycles. The average Bonchev–Trinajstić information content (AvgIpc) is 2.54. The quantitative estimate of drug-likeness (QED) is 0.294. The molecule has 1 heterocycles. The molecule has 24 heavy (non-hydrogen) atoms. The van der Waals surface area contributed by atoms with Crippen LogP contribution in [0.1, 0.15) is 25.0 Å². The van der Waals surface area contributed by atoms with Crippen molar-refractivity contribution in [3.63, 3.8) is 0 Å². The minimum absolute atomic E-state index is 0. The molecule has 0 aliphatic carbocycles. The molecule has 0 amide bonds. The summed E-state index contributed by atoms with van der Waals surface area (Å²) in [7, 11) is 0. The molecule has 0 fully saturated rings. The van der Waals surface area contributed by atoms with Crippen molar-refractivity contribution in [3.8, 4) is 5.75 Å². The van der Waals surface area contributed by atoms with Crippen molar-refractivity contribution in [2.75, 3.05) is 0 Å². The minimum Gasteiger partial charge on any atom is -0.512 e. The van der Waals surface area contributed by atoms with Gasteiger partial charge in [-0.2, -0.15) is 0 Å². The van der Waals surface area contributed by atoms with E-state index in [4.69, 9.17) is 14.6 Å². The van der Waals surface area contributed by atoms with Gasteiger partial charge in [-0.15, -0.1) is 30.3 Å². The van der Waals surface area contributed by atoms with Crippen molar-refractivity contribution < 1.29 is 34.7 Å². The van der Waals surface area contributed by atoms with Crippen molar-refractivity contribution >= 4 is 11.7 Å². The molecule has 2 N–H and O–H groups in total. The molecule has 0 spiro atoms. The molecule has 5 heteroatoms. The molecule has 0 saturated heterocycles. The monoisotopic (exact) mass is 502 g/mol. The summed E-state index contributed by atoms with van der Waals surface area (Å²) in [6.07, 6.45) is 1.28. The number of fused-ring (bicyclic) bond motifs is 1. The van der Waals surface area contributed by atoms with Gasteiger partial charge in [-0.3, -0.25) is 9.79 Å². The van der Waals surface area contributed by atoms with Crippen molar-refractivity contribution in [1.82, 2.24) is 0 Å². The van der Waals surface area contributed by atoms with Crippen LogP contribution in [0.2, 0.25) is 0 Å². The molecule has 127 valence electrons. The molecular weight excluding hydrogens is 482 g/mol. The number of benzene rings is 2. The van der Waals surface area contributed by atoms with Crippen LogP contribution in [-0.4, -0.2) is 21.6 Å². The molecule has 4 nitrogen and oxygen atoms in total. The number of ether oxygens (including phenoxy) is 1. The van der Waals surface area contributed by atoms with Gasteiger partial charge in [0.1, 0.15) is 11.6 Å². The largest absolute Gasteiger partial charge is 0.512 e. The van der Waals surface area contributed by atoms with Gasteiger partial charge in [0.25, 0.3) is 0 Å². The molecule has 3 rings (SSSR count). The fourth-order valence-electron chi connectivity index (χ4n) is 2.00. The summed E-state index contributed by atoms with van der Waals surface area (Å²) >= 11 is 0. The third kappa shape index (κ3) is 6.11. The number of rotatable bonds is 2. The number of carbonyl (C=O) groups excluding carboxylic acids is 1. The zero-order valence-corrected chi connectivity index (χ0v) is 15.9. The van der Waals surface area contributed by atoms with Crippen LogP contribution in [0.5, 0.6) is 5.75 Å². The zero-order valence-electron chi connectivity index (χ0n) is 13.5. The summed E-state index contributed by atoms with van der Waals surface area (Å²) in [4.78, 5) is 12.8. The Balaban J connectivity index is 0.000000312. The van der Waals surface area contributed by atoms with Crippen LogP contribution in [-0.2, 0) is 26.7 Å². The summed E-state index contributed by atoms with van der Waals surface area (Å²) in [5.74, 6) is 1.80. The maximum Gasteiger partial charge on any atom is 0.316 e. The number of aliphatic hydroxyl groups excluding tert-OH is 1. The summed E-state index contributed by atoms with van der Waals surface area (Å²) in [6, 6.07) is 18.8. The molecular formula is C19H19IrNO3. The second-order valence-corrected chi connectivity index (χ2v) is 5.03. The first-order valence-corrected chi connectivity index (χ1v) is 7.23. The van der Waals surface area contributed by atoms with E-state index in [1.165, 1.54) is 19.9 Å². The summed E-state index contributed by atoms with van der Waals surface area (Å²) in [6.45, 7) is 3.67. The third-order valence-corrected chi connectivity index (χ3v) is 2.93. The normalized spacial score (nSPS) is 12.4. The molecule has 1 aliphatic rings. The van der Waals surface area contributed by atoms with Gasteiger partial charge in [0.05, 0.1) is 25.3 Å². The van der Waals surface area contributed by atoms with E-state index in [9.17, 15) is 0 Å². The second-order valence-electron chi connectivity index (χ2n) is 5.03. The van der Waals surface area contributed by atoms with E-state index in [0.717, 1.165) is 16.9 Å². The van der Waals surface area contributed by atoms with Gasteiger partial charge in [-0.25, -0.2) is 0 Å². The number of aliphatic imine (C=N–C) groups is 1. The Kier molecular flexibility index (Phi) is 8.10. The number of para-hydroxylation sites is 1. The van der Waals surface area contributed by atoms with Gasteiger partial charge >= 0.3 is 5.78 Å². The van der Waals surface area contributed by atoms with Crippen molar-refractivity contribution in [1.29, 1.82) is 0 Å². The van der Waals surface area contributed by atoms with Crippen LogP contribution in [0.4, 0.5) is 0 Å². The SMILES string of the molecule is CC(=[OH+])/C=C(/C)O.[Ir].[c-]1ccccc1C1=NCc2ccccc2O1. The number of ketones is 1. The first-order valence-electron chi connectivity index (χ1n) is 7.23. The van der Waals surface area contributed by atoms with Crippen LogP contribution in [0.15, 0.2) is 65.4 Å². The molecule has 0 saturated carbocycles. The second kappa shape index (κ2) is 9.81. The predicted octanol–water partition coefficient (Wildman–Crippen LogP) is 3.84. The Morgan fingerprint density at radius 3 is 2.50 bits per heavy atom. The standard InChI is InChI=1S/C14H10NO.C5H8O2.Ir/c1-2-6-11(7-3-1)14-15-10-12-8-4-5-9-13(12)16-14;1-4(6)3-5(2)7;/h1-6,8-9H,10H2;3,6H,1-2H3;/q-1;;/p+1/b;4-3-;. The fourth-order valence-corrected chi connectivity index (χ4v) is 2.00. The molecule has 0 bridgehead atoms. The van der Waals surface area contributed by atoms with Gasteiger partial charge in [-0.05, 0) is 13.0 Å². The maximum absolute atomic E-state index is 8.40. The van der Waals surface area contributed by atoms with Gasteiger partial charge in [0.2, 0.25) is 0 Å². The first-order chi connectivity index (χ1) is 11.1. The predicted molar refractivity (Wildman–Crippen MR) is 91.6 cm³/mol. The summed E-state index contributed by atoms with van der Waals surface area (Å²) in [5, 5.41) is 8.40. The Hall–Kier alpha value is -2.23. The molecule has 1 radical (unpaired) electrons. The van der Waals surface area contributed by atoms with Gasteiger partial charge in [0.15, 0.2) is 0 Å². The van der Waals surface area contributed by atoms with Crippen molar-refractivity contribution in [3.05, 3.63) is 77.6 Å². The van der Waals surface area contributed by atoms with Gasteiger partial charge in [-0.1, -0.05) is 23.8 Å². The zero-order chi connectivity index (χ0) is 16.7. The Morgan fingerprint density at radius 2 is 1.92 bits per heavy atom. The van der Waals surface area contributed by atoms with Gasteiger partial charge in [0, 0.05) is 25.7 Å². The topological polar surface area (TPSA) is 63.2 Å². The number of hydrogen-bond donors (Lipinski definition) is 1. The number of aliphatic hydroxyl groups is 1. The minimum atomic E-state index is 0. The van der Waals surface area contributed by atoms with Crippen LogP contribution in [0, 0.1) is 6.07 Å². The van der Waals surface area contributed by atoms with E-state index < -0.39 is 0 Å². The van der Waals surface area contributed by atoms with E-state index in [1.807, 2.05) is 48.5 Å². The van der Waals surface area contributed by atoms with Crippen LogP contribution in [0.25, 0.3) is 0 Å². The molecule has 2 aromatic rings. The number of nitrogens with zero attached hydrogens (tertiary/aromatic N) is 1. The Morgan fingerprint density at radius 1 is 1.21 bits per heavy atom. The first kappa shape index (κ1) is 19.8. The summed E-state index contributed by atoms with van der Waals surface area (Å²) < 4.78 is 5.74. The van der Waals surface area contributed by atoms with Crippen molar-refractivity contribution in [2.24, 2.45) is 4.99 Å². The summed E-state index contributed by atoms with van der Waals surface area (Å²) in [5.41, 5.74) is 2.03. The molecule has 0 atom stereocenters. The van der Waals surface area contributed by atoms with E-state index in [0.29, 0.717) is 12.4 Å². The molecule has 0 unspecified atom stereocenters. The van der Waals surface area contributed by atoms with Crippen LogP contribution >= 0.6 is 0 Å². The number of hydrogen-bond acceptors (Lipinski definition) is 3. The number of allylic oxidation sites excluding steroid dienone is 2. The average molecular weight is 502 g/mol. The van der Waals surface area contributed by atoms with E-state index in [1.54, 1.807) is 0 Å². The van der Waals surface area contributed by atoms with Crippen LogP contribution in [0.3, 0.4) is 0 Å². The van der Waals surface area contributed by atoms with Crippen molar-refractivity contribution in [2.45, 2.75) is 20.4 Å². The van der Waals surface area contributed by atoms with E-state index in [2.05, 4.69) is 11.1 Å². The van der Waals surface area contributed by atoms with E-state index >= 15 is 0 Å². The Labute approximate surface area is 155 Å².